The molecule has 0 spiro atoms. The Bertz CT molecular complexity index is 1640. The Morgan fingerprint density at radius 2 is 1.58 bits per heavy atom. The molecule has 1 N–H and O–H groups in total. The lowest BCUT2D eigenvalue weighted by atomic mass is 10.1. The first-order valence-electron chi connectivity index (χ1n) is 12.2. The number of pyridine rings is 1. The Hall–Kier alpha value is -4.78. The van der Waals surface area contributed by atoms with Crippen molar-refractivity contribution in [3.05, 3.63) is 118 Å². The summed E-state index contributed by atoms with van der Waals surface area (Å²) in [5.41, 5.74) is 4.85. The molecule has 3 aromatic carbocycles. The predicted molar refractivity (Wildman–Crippen MR) is 145 cm³/mol. The van der Waals surface area contributed by atoms with Gasteiger partial charge in [0.25, 0.3) is 5.65 Å². The summed E-state index contributed by atoms with van der Waals surface area (Å²) >= 11 is 0. The van der Waals surface area contributed by atoms with Crippen molar-refractivity contribution >= 4 is 5.65 Å². The van der Waals surface area contributed by atoms with Crippen LogP contribution in [0.5, 0.6) is 23.0 Å². The van der Waals surface area contributed by atoms with Gasteiger partial charge < -0.3 is 19.3 Å². The van der Waals surface area contributed by atoms with Crippen molar-refractivity contribution in [1.29, 1.82) is 0 Å². The zero-order valence-corrected chi connectivity index (χ0v) is 21.5. The van der Waals surface area contributed by atoms with Gasteiger partial charge in [0, 0.05) is 11.6 Å². The van der Waals surface area contributed by atoms with Gasteiger partial charge in [-0.05, 0) is 72.6 Å². The first-order valence-corrected chi connectivity index (χ1v) is 12.2. The molecular weight excluding hydrogens is 480 g/mol. The molecule has 7 nitrogen and oxygen atoms in total. The minimum atomic E-state index is -0.0851. The highest BCUT2D eigenvalue weighted by Gasteiger charge is 2.22. The Kier molecular flexibility index (Phi) is 7.00. The zero-order valence-electron chi connectivity index (χ0n) is 21.5. The third-order valence-corrected chi connectivity index (χ3v) is 6.54. The predicted octanol–water partition coefficient (Wildman–Crippen LogP) is 4.91. The number of methoxy groups -OCH3 is 2. The maximum Gasteiger partial charge on any atom is 0.341 e. The molecule has 0 aliphatic carbocycles. The molecule has 0 fully saturated rings. The molecule has 7 heteroatoms. The average Bonchev–Trinajstić information content (AvgIpc) is 2.96. The van der Waals surface area contributed by atoms with E-state index in [0.29, 0.717) is 30.2 Å². The van der Waals surface area contributed by atoms with E-state index >= 15 is 0 Å². The second-order valence-corrected chi connectivity index (χ2v) is 8.96. The van der Waals surface area contributed by atoms with E-state index in [1.807, 2.05) is 90.3 Å². The van der Waals surface area contributed by atoms with E-state index in [1.165, 1.54) is 0 Å². The van der Waals surface area contributed by atoms with Crippen LogP contribution in [0.15, 0.2) is 95.9 Å². The van der Waals surface area contributed by atoms with Crippen molar-refractivity contribution in [3.8, 4) is 34.3 Å². The molecular formula is C31H29N2O5+. The molecule has 2 heterocycles. The molecule has 0 aliphatic heterocycles. The van der Waals surface area contributed by atoms with Crippen molar-refractivity contribution in [1.82, 2.24) is 4.57 Å². The Morgan fingerprint density at radius 3 is 2.29 bits per heavy atom. The van der Waals surface area contributed by atoms with Gasteiger partial charge in [0.15, 0.2) is 17.2 Å². The standard InChI is InChI=1S/C31H28N2O5/c1-21-30(24-10-12-25(34)13-11-24)32-17-5-4-6-29(32)33(31(21)35)19-23-9-16-27(28(18-23)37-3)38-20-22-7-14-26(36-2)15-8-22/h4-18H,19-20H2,1-3H3/p+1. The molecule has 0 amide bonds. The Balaban J connectivity index is 1.47. The SMILES string of the molecule is COc1ccc(COc2ccc(Cn3c(=O)c(C)c(-c4ccc(O)cc4)[n+]4ccccc34)cc2OC)cc1. The van der Waals surface area contributed by atoms with E-state index in [0.717, 1.165) is 33.8 Å². The largest absolute Gasteiger partial charge is 0.508 e. The van der Waals surface area contributed by atoms with Crippen LogP contribution in [0, 0.1) is 6.92 Å². The summed E-state index contributed by atoms with van der Waals surface area (Å²) < 4.78 is 20.6. The zero-order chi connectivity index (χ0) is 26.6. The Labute approximate surface area is 220 Å². The molecule has 0 unspecified atom stereocenters. The van der Waals surface area contributed by atoms with Gasteiger partial charge in [0.05, 0.1) is 26.0 Å². The molecule has 0 aliphatic rings. The maximum atomic E-state index is 13.6. The van der Waals surface area contributed by atoms with Crippen molar-refractivity contribution in [2.75, 3.05) is 14.2 Å². The molecule has 192 valence electrons. The van der Waals surface area contributed by atoms with Crippen LogP contribution in [0.25, 0.3) is 16.9 Å². The number of aromatic nitrogens is 2. The number of phenols is 1. The van der Waals surface area contributed by atoms with Gasteiger partial charge in [-0.15, -0.1) is 0 Å². The Morgan fingerprint density at radius 1 is 0.842 bits per heavy atom. The van der Waals surface area contributed by atoms with Crippen LogP contribution >= 0.6 is 0 Å². The molecule has 0 radical (unpaired) electrons. The lowest BCUT2D eigenvalue weighted by molar-refractivity contribution is -0.504. The van der Waals surface area contributed by atoms with E-state index in [4.69, 9.17) is 14.2 Å². The monoisotopic (exact) mass is 509 g/mol. The van der Waals surface area contributed by atoms with Gasteiger partial charge in [-0.25, -0.2) is 4.79 Å². The smallest absolute Gasteiger partial charge is 0.341 e. The molecule has 5 rings (SSSR count). The van der Waals surface area contributed by atoms with Crippen molar-refractivity contribution < 1.29 is 23.7 Å². The number of ether oxygens (including phenoxy) is 3. The van der Waals surface area contributed by atoms with Crippen LogP contribution in [0.1, 0.15) is 16.7 Å². The minimum Gasteiger partial charge on any atom is -0.508 e. The van der Waals surface area contributed by atoms with Crippen LogP contribution in [-0.4, -0.2) is 23.9 Å². The topological polar surface area (TPSA) is 74.0 Å². The van der Waals surface area contributed by atoms with Crippen LogP contribution < -0.4 is 24.2 Å². The number of hydrogen-bond donors (Lipinski definition) is 1. The van der Waals surface area contributed by atoms with Crippen LogP contribution in [0.3, 0.4) is 0 Å². The number of benzene rings is 3. The molecule has 0 saturated carbocycles. The van der Waals surface area contributed by atoms with E-state index in [-0.39, 0.29) is 11.3 Å². The van der Waals surface area contributed by atoms with Gasteiger partial charge in [0.2, 0.25) is 0 Å². The number of fused-ring (bicyclic) bond motifs is 1. The summed E-state index contributed by atoms with van der Waals surface area (Å²) in [6, 6.07) is 26.1. The highest BCUT2D eigenvalue weighted by Crippen LogP contribution is 2.30. The lowest BCUT2D eigenvalue weighted by Gasteiger charge is -2.13. The number of nitrogens with zero attached hydrogens (tertiary/aromatic N) is 2. The second-order valence-electron chi connectivity index (χ2n) is 8.96. The van der Waals surface area contributed by atoms with E-state index in [2.05, 4.69) is 0 Å². The normalized spacial score (nSPS) is 10.9. The van der Waals surface area contributed by atoms with Gasteiger partial charge in [-0.3, -0.25) is 0 Å². The molecule has 0 bridgehead atoms. The summed E-state index contributed by atoms with van der Waals surface area (Å²) in [6.45, 7) is 2.58. The third kappa shape index (κ3) is 4.91. The van der Waals surface area contributed by atoms with Crippen molar-refractivity contribution in [3.63, 3.8) is 0 Å². The average molecular weight is 510 g/mol. The molecule has 5 aromatic rings. The number of phenolic OH excluding ortho intramolecular Hbond substituents is 1. The summed E-state index contributed by atoms with van der Waals surface area (Å²) in [5.74, 6) is 2.19. The summed E-state index contributed by atoms with van der Waals surface area (Å²) in [7, 11) is 3.24. The first kappa shape index (κ1) is 24.9. The van der Waals surface area contributed by atoms with Crippen molar-refractivity contribution in [2.45, 2.75) is 20.1 Å². The van der Waals surface area contributed by atoms with Crippen LogP contribution in [0.4, 0.5) is 0 Å². The molecule has 0 atom stereocenters. The number of aromatic hydroxyl groups is 1. The third-order valence-electron chi connectivity index (χ3n) is 6.54. The summed E-state index contributed by atoms with van der Waals surface area (Å²) in [6.07, 6.45) is 1.94. The quantitative estimate of drug-likeness (QED) is 0.301. The van der Waals surface area contributed by atoms with E-state index in [1.54, 1.807) is 30.9 Å². The van der Waals surface area contributed by atoms with Crippen LogP contribution in [0.2, 0.25) is 0 Å². The fraction of sp³-hybridized carbons (Fsp3) is 0.161. The highest BCUT2D eigenvalue weighted by molar-refractivity contribution is 5.61. The fourth-order valence-corrected chi connectivity index (χ4v) is 4.55. The van der Waals surface area contributed by atoms with Gasteiger partial charge in [-0.1, -0.05) is 24.3 Å². The highest BCUT2D eigenvalue weighted by atomic mass is 16.5. The van der Waals surface area contributed by atoms with Gasteiger partial charge in [0.1, 0.15) is 24.7 Å². The van der Waals surface area contributed by atoms with Gasteiger partial charge in [-0.2, -0.15) is 8.97 Å². The number of hydrogen-bond acceptors (Lipinski definition) is 5. The van der Waals surface area contributed by atoms with E-state index in [9.17, 15) is 9.90 Å². The molecule has 0 saturated heterocycles. The first-order chi connectivity index (χ1) is 18.5. The lowest BCUT2D eigenvalue weighted by Crippen LogP contribution is -2.38. The maximum absolute atomic E-state index is 13.6. The van der Waals surface area contributed by atoms with E-state index < -0.39 is 0 Å². The van der Waals surface area contributed by atoms with Gasteiger partial charge >= 0.3 is 5.56 Å². The second kappa shape index (κ2) is 10.7. The van der Waals surface area contributed by atoms with Crippen LogP contribution in [-0.2, 0) is 13.2 Å². The summed E-state index contributed by atoms with van der Waals surface area (Å²) in [5, 5.41) is 9.73. The minimum absolute atomic E-state index is 0.0851. The molecule has 2 aromatic heterocycles. The summed E-state index contributed by atoms with van der Waals surface area (Å²) in [4.78, 5) is 13.6. The fourth-order valence-electron chi connectivity index (χ4n) is 4.55. The molecule has 38 heavy (non-hydrogen) atoms. The van der Waals surface area contributed by atoms with Crippen molar-refractivity contribution in [2.24, 2.45) is 0 Å². The number of rotatable bonds is 8.